The summed E-state index contributed by atoms with van der Waals surface area (Å²) in [5.41, 5.74) is -1.94. The minimum absolute atomic E-state index is 0.327. The average Bonchev–Trinajstić information content (AvgIpc) is 2.53. The van der Waals surface area contributed by atoms with Crippen LogP contribution < -0.4 is 0 Å². The standard InChI is InChI=1S/C16H18O9/c17-9-3-1-8(5-10(9)18)2-4-13(20)25-12-7-16(24,15(22)23)6-11(19)14(12)21/h1-5,11-12,14,17-19,21,24H,6-7H2,(H,22,23)/b4-2+/t11?,12-,14?,16+/m0/s1. The summed E-state index contributed by atoms with van der Waals surface area (Å²) in [6, 6.07) is 3.83. The number of carboxylic acids is 1. The third-order valence-electron chi connectivity index (χ3n) is 3.94. The summed E-state index contributed by atoms with van der Waals surface area (Å²) >= 11 is 0. The van der Waals surface area contributed by atoms with Crippen LogP contribution in [0.5, 0.6) is 11.5 Å². The number of hydrogen-bond donors (Lipinski definition) is 6. The molecule has 2 rings (SSSR count). The molecule has 1 aliphatic carbocycles. The van der Waals surface area contributed by atoms with Gasteiger partial charge in [0.15, 0.2) is 17.1 Å². The number of esters is 1. The van der Waals surface area contributed by atoms with Crippen LogP contribution in [0.3, 0.4) is 0 Å². The Kier molecular flexibility index (Phi) is 5.31. The Morgan fingerprint density at radius 3 is 2.44 bits per heavy atom. The number of carbonyl (C=O) groups excluding carboxylic acids is 1. The normalized spacial score (nSPS) is 29.5. The molecule has 1 aliphatic rings. The minimum Gasteiger partial charge on any atom is -0.504 e. The maximum atomic E-state index is 11.8. The molecule has 136 valence electrons. The molecular formula is C16H18O9. The van der Waals surface area contributed by atoms with Crippen LogP contribution in [-0.4, -0.2) is 66.5 Å². The summed E-state index contributed by atoms with van der Waals surface area (Å²) in [5.74, 6) is -3.24. The van der Waals surface area contributed by atoms with Crippen LogP contribution in [0.25, 0.3) is 6.08 Å². The molecule has 9 nitrogen and oxygen atoms in total. The molecule has 1 fully saturated rings. The molecule has 1 aromatic carbocycles. The van der Waals surface area contributed by atoms with Gasteiger partial charge in [-0.25, -0.2) is 9.59 Å². The van der Waals surface area contributed by atoms with E-state index in [1.807, 2.05) is 0 Å². The van der Waals surface area contributed by atoms with Crippen LogP contribution in [0.4, 0.5) is 0 Å². The number of phenols is 2. The zero-order valence-electron chi connectivity index (χ0n) is 12.9. The molecule has 25 heavy (non-hydrogen) atoms. The lowest BCUT2D eigenvalue weighted by atomic mass is 9.79. The number of benzene rings is 1. The second-order valence-electron chi connectivity index (χ2n) is 5.86. The van der Waals surface area contributed by atoms with E-state index in [0.717, 1.165) is 6.08 Å². The Hall–Kier alpha value is -2.62. The van der Waals surface area contributed by atoms with Crippen molar-refractivity contribution in [3.63, 3.8) is 0 Å². The van der Waals surface area contributed by atoms with Crippen LogP contribution in [-0.2, 0) is 14.3 Å². The van der Waals surface area contributed by atoms with E-state index in [1.54, 1.807) is 0 Å². The van der Waals surface area contributed by atoms with Crippen molar-refractivity contribution in [2.24, 2.45) is 0 Å². The molecule has 0 aliphatic heterocycles. The number of aliphatic carboxylic acids is 1. The van der Waals surface area contributed by atoms with Gasteiger partial charge in [0.05, 0.1) is 6.10 Å². The van der Waals surface area contributed by atoms with Crippen molar-refractivity contribution in [2.45, 2.75) is 36.8 Å². The quantitative estimate of drug-likeness (QED) is 0.234. The average molecular weight is 354 g/mol. The highest BCUT2D eigenvalue weighted by Crippen LogP contribution is 2.31. The molecule has 1 aromatic rings. The van der Waals surface area contributed by atoms with E-state index in [0.29, 0.717) is 5.56 Å². The molecule has 0 spiro atoms. The Bertz CT molecular complexity index is 699. The monoisotopic (exact) mass is 354 g/mol. The van der Waals surface area contributed by atoms with Crippen LogP contribution in [0, 0.1) is 0 Å². The van der Waals surface area contributed by atoms with Crippen molar-refractivity contribution in [3.8, 4) is 11.5 Å². The number of aliphatic hydroxyl groups excluding tert-OH is 2. The number of aromatic hydroxyl groups is 2. The Balaban J connectivity index is 2.06. The van der Waals surface area contributed by atoms with Gasteiger partial charge < -0.3 is 35.4 Å². The van der Waals surface area contributed by atoms with Crippen LogP contribution in [0.1, 0.15) is 18.4 Å². The molecule has 0 radical (unpaired) electrons. The van der Waals surface area contributed by atoms with Gasteiger partial charge in [-0.3, -0.25) is 0 Å². The fourth-order valence-electron chi connectivity index (χ4n) is 2.53. The predicted molar refractivity (Wildman–Crippen MR) is 82.5 cm³/mol. The molecule has 2 unspecified atom stereocenters. The highest BCUT2D eigenvalue weighted by molar-refractivity contribution is 5.87. The highest BCUT2D eigenvalue weighted by Gasteiger charge is 2.50. The Morgan fingerprint density at radius 2 is 1.84 bits per heavy atom. The van der Waals surface area contributed by atoms with E-state index >= 15 is 0 Å². The number of phenolic OH excluding ortho intramolecular Hbond substituents is 2. The molecule has 0 aromatic heterocycles. The number of carboxylic acid groups (broad SMARTS) is 1. The maximum Gasteiger partial charge on any atom is 0.335 e. The van der Waals surface area contributed by atoms with Gasteiger partial charge in [-0.2, -0.15) is 0 Å². The van der Waals surface area contributed by atoms with Crippen molar-refractivity contribution in [3.05, 3.63) is 29.8 Å². The summed E-state index contributed by atoms with van der Waals surface area (Å²) in [4.78, 5) is 22.9. The second-order valence-corrected chi connectivity index (χ2v) is 5.86. The lowest BCUT2D eigenvalue weighted by molar-refractivity contribution is -0.196. The zero-order valence-corrected chi connectivity index (χ0v) is 12.9. The largest absolute Gasteiger partial charge is 0.504 e. The number of ether oxygens (including phenoxy) is 1. The Labute approximate surface area is 142 Å². The van der Waals surface area contributed by atoms with Gasteiger partial charge in [0.2, 0.25) is 0 Å². The van der Waals surface area contributed by atoms with Gasteiger partial charge in [0, 0.05) is 18.9 Å². The van der Waals surface area contributed by atoms with Gasteiger partial charge in [0.25, 0.3) is 0 Å². The predicted octanol–water partition coefficient (Wildman–Crippen LogP) is -0.646. The first-order valence-corrected chi connectivity index (χ1v) is 7.35. The molecule has 0 heterocycles. The summed E-state index contributed by atoms with van der Waals surface area (Å²) in [6.45, 7) is 0. The van der Waals surface area contributed by atoms with Gasteiger partial charge in [-0.05, 0) is 23.8 Å². The van der Waals surface area contributed by atoms with E-state index < -0.39 is 48.7 Å². The van der Waals surface area contributed by atoms with Gasteiger partial charge >= 0.3 is 11.9 Å². The number of rotatable bonds is 4. The van der Waals surface area contributed by atoms with Crippen molar-refractivity contribution < 1.29 is 45.0 Å². The first-order valence-electron chi connectivity index (χ1n) is 7.35. The van der Waals surface area contributed by atoms with Gasteiger partial charge in [-0.1, -0.05) is 6.07 Å². The van der Waals surface area contributed by atoms with Gasteiger partial charge in [-0.15, -0.1) is 0 Å². The number of carbonyl (C=O) groups is 2. The summed E-state index contributed by atoms with van der Waals surface area (Å²) in [7, 11) is 0. The van der Waals surface area contributed by atoms with E-state index in [4.69, 9.17) is 9.84 Å². The van der Waals surface area contributed by atoms with Crippen LogP contribution >= 0.6 is 0 Å². The topological polar surface area (TPSA) is 165 Å². The Morgan fingerprint density at radius 1 is 1.16 bits per heavy atom. The lowest BCUT2D eigenvalue weighted by Crippen LogP contribution is -2.57. The number of hydrogen-bond acceptors (Lipinski definition) is 8. The third-order valence-corrected chi connectivity index (χ3v) is 3.94. The van der Waals surface area contributed by atoms with Crippen molar-refractivity contribution in [1.82, 2.24) is 0 Å². The molecular weight excluding hydrogens is 336 g/mol. The molecule has 6 N–H and O–H groups in total. The zero-order chi connectivity index (χ0) is 18.8. The SMILES string of the molecule is O=C(/C=C/c1ccc(O)c(O)c1)O[C@H]1C[C@@](O)(C(=O)O)CC(O)C1O. The second kappa shape index (κ2) is 7.09. The number of aliphatic hydroxyl groups is 3. The molecule has 9 heteroatoms. The first kappa shape index (κ1) is 18.7. The van der Waals surface area contributed by atoms with E-state index in [1.165, 1.54) is 24.3 Å². The van der Waals surface area contributed by atoms with Gasteiger partial charge in [0.1, 0.15) is 12.2 Å². The first-order chi connectivity index (χ1) is 11.6. The fourth-order valence-corrected chi connectivity index (χ4v) is 2.53. The summed E-state index contributed by atoms with van der Waals surface area (Å²) in [5, 5.41) is 57.0. The van der Waals surface area contributed by atoms with Crippen molar-refractivity contribution in [2.75, 3.05) is 0 Å². The van der Waals surface area contributed by atoms with Crippen molar-refractivity contribution >= 4 is 18.0 Å². The molecule has 0 amide bonds. The van der Waals surface area contributed by atoms with E-state index in [9.17, 15) is 35.1 Å². The third kappa shape index (κ3) is 4.27. The highest BCUT2D eigenvalue weighted by atomic mass is 16.6. The summed E-state index contributed by atoms with van der Waals surface area (Å²) < 4.78 is 4.92. The minimum atomic E-state index is -2.31. The van der Waals surface area contributed by atoms with E-state index in [2.05, 4.69) is 0 Å². The molecule has 0 bridgehead atoms. The fraction of sp³-hybridized carbons (Fsp3) is 0.375. The maximum absolute atomic E-state index is 11.8. The smallest absolute Gasteiger partial charge is 0.335 e. The molecule has 1 saturated carbocycles. The summed E-state index contributed by atoms with van der Waals surface area (Å²) in [6.07, 6.45) is -3.44. The lowest BCUT2D eigenvalue weighted by Gasteiger charge is -2.39. The molecule has 4 atom stereocenters. The van der Waals surface area contributed by atoms with Crippen LogP contribution in [0.2, 0.25) is 0 Å². The van der Waals surface area contributed by atoms with E-state index in [-0.39, 0.29) is 11.5 Å². The van der Waals surface area contributed by atoms with Crippen LogP contribution in [0.15, 0.2) is 24.3 Å². The van der Waals surface area contributed by atoms with Crippen molar-refractivity contribution in [1.29, 1.82) is 0 Å². The molecule has 0 saturated heterocycles.